The van der Waals surface area contributed by atoms with Gasteiger partial charge in [-0.05, 0) is 91.2 Å². The number of nitrogens with zero attached hydrogens (tertiary/aromatic N) is 1. The molecule has 0 spiro atoms. The second-order valence-corrected chi connectivity index (χ2v) is 17.7. The van der Waals surface area contributed by atoms with Crippen molar-refractivity contribution in [2.75, 3.05) is 12.3 Å². The number of alkyl carbamates (subject to hydrolysis) is 1. The van der Waals surface area contributed by atoms with E-state index in [1.807, 2.05) is 91.0 Å². The third-order valence-corrected chi connectivity index (χ3v) is 13.6. The molecule has 11 nitrogen and oxygen atoms in total. The van der Waals surface area contributed by atoms with Crippen molar-refractivity contribution in [2.45, 2.75) is 102 Å². The first-order chi connectivity index (χ1) is 27.0. The maximum Gasteiger partial charge on any atom is 0.481 e. The Balaban J connectivity index is 1.13. The lowest BCUT2D eigenvalue weighted by Crippen LogP contribution is -2.65. The van der Waals surface area contributed by atoms with E-state index in [1.54, 1.807) is 4.90 Å². The van der Waals surface area contributed by atoms with Crippen LogP contribution in [0.25, 0.3) is 0 Å². The average molecular weight is 781 g/mol. The van der Waals surface area contributed by atoms with Gasteiger partial charge in [0.1, 0.15) is 18.7 Å². The summed E-state index contributed by atoms with van der Waals surface area (Å²) in [6.07, 6.45) is 3.71. The number of hydrogen-bond acceptors (Lipinski definition) is 7. The minimum atomic E-state index is -1.07. The van der Waals surface area contributed by atoms with Gasteiger partial charge >= 0.3 is 13.2 Å². The van der Waals surface area contributed by atoms with E-state index in [-0.39, 0.29) is 29.9 Å². The predicted molar refractivity (Wildman–Crippen MR) is 218 cm³/mol. The van der Waals surface area contributed by atoms with E-state index < -0.39 is 42.8 Å². The molecule has 7 atom stereocenters. The van der Waals surface area contributed by atoms with E-state index >= 15 is 0 Å². The molecule has 2 aliphatic heterocycles. The summed E-state index contributed by atoms with van der Waals surface area (Å²) in [5.74, 6) is 0.00938. The van der Waals surface area contributed by atoms with Crippen LogP contribution < -0.4 is 21.8 Å². The summed E-state index contributed by atoms with van der Waals surface area (Å²) in [7, 11) is -0.631. The zero-order valence-electron chi connectivity index (χ0n) is 32.6. The lowest BCUT2D eigenvalue weighted by molar-refractivity contribution is -0.199. The molecule has 5 aliphatic rings. The van der Waals surface area contributed by atoms with E-state index in [4.69, 9.17) is 25.2 Å². The van der Waals surface area contributed by atoms with Crippen molar-refractivity contribution in [3.8, 4) is 0 Å². The molecule has 296 valence electrons. The molecule has 8 rings (SSSR count). The molecule has 0 radical (unpaired) electrons. The van der Waals surface area contributed by atoms with Gasteiger partial charge in [0.15, 0.2) is 0 Å². The summed E-state index contributed by atoms with van der Waals surface area (Å²) in [4.78, 5) is 44.6. The van der Waals surface area contributed by atoms with Crippen LogP contribution in [0.2, 0.25) is 0 Å². The highest BCUT2D eigenvalue weighted by Gasteiger charge is 2.68. The number of thioether (sulfide) groups is 1. The van der Waals surface area contributed by atoms with Gasteiger partial charge in [-0.3, -0.25) is 20.7 Å². The molecule has 6 N–H and O–H groups in total. The first-order valence-corrected chi connectivity index (χ1v) is 21.0. The maximum atomic E-state index is 15.0. The summed E-state index contributed by atoms with van der Waals surface area (Å²) in [5, 5.41) is 12.3. The Morgan fingerprint density at radius 3 is 2.23 bits per heavy atom. The predicted octanol–water partition coefficient (Wildman–Crippen LogP) is 4.44. The molecule has 3 amide bonds. The van der Waals surface area contributed by atoms with Gasteiger partial charge < -0.3 is 29.6 Å². The lowest BCUT2D eigenvalue weighted by atomic mass is 9.43. The summed E-state index contributed by atoms with van der Waals surface area (Å²) in [6.45, 7) is 7.23. The number of nitrogens with two attached hydrogens (primary N) is 2. The fraction of sp³-hybridized carbons (Fsp3) is 0.488. The van der Waals surface area contributed by atoms with E-state index in [9.17, 15) is 14.4 Å². The molecule has 2 saturated heterocycles. The van der Waals surface area contributed by atoms with Gasteiger partial charge in [-0.2, -0.15) is 0 Å². The van der Waals surface area contributed by atoms with Crippen LogP contribution in [0.15, 0.2) is 91.0 Å². The molecule has 2 heterocycles. The van der Waals surface area contributed by atoms with Crippen molar-refractivity contribution in [2.24, 2.45) is 23.0 Å². The Bertz CT molecular complexity index is 1820. The van der Waals surface area contributed by atoms with E-state index in [0.717, 1.165) is 36.0 Å². The molecule has 13 heteroatoms. The molecule has 3 aliphatic carbocycles. The highest BCUT2D eigenvalue weighted by Crippen LogP contribution is 2.65. The Kier molecular flexibility index (Phi) is 12.1. The monoisotopic (exact) mass is 780 g/mol. The van der Waals surface area contributed by atoms with Gasteiger partial charge in [0, 0.05) is 18.2 Å². The SMILES string of the molecule is CC1(C)[C@@H]2C[C@H]3OB(C(CCCSC(N)=[NH2+])NC(=O)[C@@H]4CCCN4C(=O)[C@H](NC(=O)OCc4ccccc4)C(c4ccccc4)c4ccccc4)O[C@@]3(C)[C@H]1C2. The first-order valence-electron chi connectivity index (χ1n) is 20.0. The number of amides is 3. The van der Waals surface area contributed by atoms with Crippen LogP contribution in [-0.4, -0.2) is 77.1 Å². The molecule has 5 fully saturated rings. The van der Waals surface area contributed by atoms with E-state index in [0.29, 0.717) is 48.6 Å². The normalized spacial score (nSPS) is 25.8. The van der Waals surface area contributed by atoms with Crippen molar-refractivity contribution in [1.82, 2.24) is 15.5 Å². The van der Waals surface area contributed by atoms with Crippen LogP contribution in [0.1, 0.15) is 81.9 Å². The highest BCUT2D eigenvalue weighted by atomic mass is 32.2. The molecule has 3 aromatic rings. The summed E-state index contributed by atoms with van der Waals surface area (Å²) in [6, 6.07) is 26.9. The molecule has 0 aromatic heterocycles. The first kappa shape index (κ1) is 39.9. The van der Waals surface area contributed by atoms with E-state index in [2.05, 4.69) is 31.4 Å². The number of rotatable bonds is 14. The zero-order chi connectivity index (χ0) is 39.5. The van der Waals surface area contributed by atoms with E-state index in [1.165, 1.54) is 11.8 Å². The second-order valence-electron chi connectivity index (χ2n) is 16.5. The number of amidine groups is 1. The third kappa shape index (κ3) is 8.36. The Hall–Kier alpha value is -4.33. The molecule has 3 aromatic carbocycles. The van der Waals surface area contributed by atoms with Crippen LogP contribution in [0, 0.1) is 17.3 Å². The van der Waals surface area contributed by atoms with Crippen LogP contribution in [-0.2, 0) is 30.2 Å². The molecule has 56 heavy (non-hydrogen) atoms. The van der Waals surface area contributed by atoms with Crippen molar-refractivity contribution in [3.05, 3.63) is 108 Å². The second kappa shape index (κ2) is 17.0. The number of benzene rings is 3. The number of nitrogens with one attached hydrogen (secondary N) is 2. The van der Waals surface area contributed by atoms with Crippen LogP contribution >= 0.6 is 11.8 Å². The standard InChI is InChI=1S/C43H54BN5O6S/c1-42(2)31-25-33(42)43(3)34(26-31)54-44(55-43)35(22-14-24-56-40(45)46)47-38(50)32-21-13-23-49(32)39(51)37(48-41(52)53-27-28-15-7-4-8-16-28)36(29-17-9-5-10-18-29)30-19-11-6-12-20-30/h4-12,15-20,31-37H,13-14,21-27H2,1-3H3,(H3,45,46)(H,47,50)(H,48,52)/p+1/t31-,32-,33-,34+,35?,37+,43-/m0/s1. The molecule has 2 bridgehead atoms. The largest absolute Gasteiger partial charge is 0.481 e. The number of carbonyl (C=O) groups excluding carboxylic acids is 3. The number of likely N-dealkylation sites (tertiary alicyclic amines) is 1. The zero-order valence-corrected chi connectivity index (χ0v) is 33.4. The molecule has 3 saturated carbocycles. The highest BCUT2D eigenvalue weighted by molar-refractivity contribution is 8.13. The van der Waals surface area contributed by atoms with Crippen molar-refractivity contribution >= 4 is 42.0 Å². The van der Waals surface area contributed by atoms with Crippen molar-refractivity contribution in [3.63, 3.8) is 0 Å². The fourth-order valence-corrected chi connectivity index (χ4v) is 10.2. The van der Waals surface area contributed by atoms with Gasteiger partial charge in [0.25, 0.3) is 5.17 Å². The van der Waals surface area contributed by atoms with Crippen LogP contribution in [0.5, 0.6) is 0 Å². The van der Waals surface area contributed by atoms with Gasteiger partial charge in [0.05, 0.1) is 17.6 Å². The van der Waals surface area contributed by atoms with Crippen LogP contribution in [0.3, 0.4) is 0 Å². The van der Waals surface area contributed by atoms with Gasteiger partial charge in [0.2, 0.25) is 11.8 Å². The van der Waals surface area contributed by atoms with Gasteiger partial charge in [-0.15, -0.1) is 0 Å². The van der Waals surface area contributed by atoms with Crippen molar-refractivity contribution < 1.29 is 33.8 Å². The number of hydrogen-bond donors (Lipinski definition) is 4. The van der Waals surface area contributed by atoms with Gasteiger partial charge in [-0.1, -0.05) is 105 Å². The van der Waals surface area contributed by atoms with Gasteiger partial charge in [-0.25, -0.2) is 4.79 Å². The minimum absolute atomic E-state index is 0.0444. The Morgan fingerprint density at radius 2 is 1.61 bits per heavy atom. The Labute approximate surface area is 334 Å². The third-order valence-electron chi connectivity index (χ3n) is 12.8. The fourth-order valence-electron chi connectivity index (χ4n) is 9.68. The summed E-state index contributed by atoms with van der Waals surface area (Å²) in [5.41, 5.74) is 7.99. The summed E-state index contributed by atoms with van der Waals surface area (Å²) >= 11 is 1.38. The maximum absolute atomic E-state index is 15.0. The minimum Gasteiger partial charge on any atom is -0.445 e. The average Bonchev–Trinajstić information content (AvgIpc) is 3.84. The van der Waals surface area contributed by atoms with Crippen LogP contribution in [0.4, 0.5) is 4.79 Å². The summed E-state index contributed by atoms with van der Waals surface area (Å²) < 4.78 is 19.2. The molecular formula is C43H55BN5O6S+. The number of ether oxygens (including phenoxy) is 1. The topological polar surface area (TPSA) is 158 Å². The smallest absolute Gasteiger partial charge is 0.445 e. The number of carbonyl (C=O) groups is 3. The quantitative estimate of drug-likeness (QED) is 0.0810. The molecule has 1 unspecified atom stereocenters. The molecular weight excluding hydrogens is 725 g/mol. The van der Waals surface area contributed by atoms with Crippen molar-refractivity contribution in [1.29, 1.82) is 0 Å². The Morgan fingerprint density at radius 1 is 0.964 bits per heavy atom. The lowest BCUT2D eigenvalue weighted by Gasteiger charge is -2.64.